The Kier molecular flexibility index (Phi) is 13.7. The van der Waals surface area contributed by atoms with Gasteiger partial charge in [-0.1, -0.05) is 46.2 Å². The summed E-state index contributed by atoms with van der Waals surface area (Å²) >= 11 is 0. The number of aliphatic carboxylic acids is 1. The molecule has 11 N–H and O–H groups in total. The van der Waals surface area contributed by atoms with Crippen LogP contribution in [-0.4, -0.2) is 70.6 Å². The zero-order valence-electron chi connectivity index (χ0n) is 23.0. The summed E-state index contributed by atoms with van der Waals surface area (Å²) in [6, 6.07) is 1.78. The molecule has 0 fully saturated rings. The Balaban J connectivity index is 3.22. The van der Waals surface area contributed by atoms with E-state index in [1.807, 2.05) is 0 Å². The fourth-order valence-corrected chi connectivity index (χ4v) is 3.63. The van der Waals surface area contributed by atoms with Crippen molar-refractivity contribution in [3.8, 4) is 5.75 Å². The van der Waals surface area contributed by atoms with Crippen molar-refractivity contribution in [2.45, 2.75) is 77.5 Å². The van der Waals surface area contributed by atoms with E-state index in [1.54, 1.807) is 39.8 Å². The van der Waals surface area contributed by atoms with Gasteiger partial charge in [-0.15, -0.1) is 0 Å². The molecule has 5 atom stereocenters. The van der Waals surface area contributed by atoms with E-state index in [2.05, 4.69) is 20.9 Å². The third-order valence-electron chi connectivity index (χ3n) is 6.39. The van der Waals surface area contributed by atoms with Crippen molar-refractivity contribution in [2.75, 3.05) is 6.54 Å². The van der Waals surface area contributed by atoms with Crippen LogP contribution in [0.4, 0.5) is 0 Å². The predicted molar refractivity (Wildman–Crippen MR) is 147 cm³/mol. The number of carboxylic acid groups (broad SMARTS) is 1. The van der Waals surface area contributed by atoms with Crippen LogP contribution in [0.3, 0.4) is 0 Å². The molecule has 5 unspecified atom stereocenters. The summed E-state index contributed by atoms with van der Waals surface area (Å²) in [5, 5.41) is 27.1. The van der Waals surface area contributed by atoms with Crippen LogP contribution in [0, 0.1) is 11.8 Å². The molecule has 13 nitrogen and oxygen atoms in total. The van der Waals surface area contributed by atoms with Gasteiger partial charge in [0.15, 0.2) is 5.96 Å². The SMILES string of the molecule is CCC(C)C(NC(=O)C(Cc1ccc(O)cc1)NC(=O)C(CCCN=C(N)N)NC(=O)C(N)C(C)C)C(=O)O. The highest BCUT2D eigenvalue weighted by Gasteiger charge is 2.32. The van der Waals surface area contributed by atoms with Crippen LogP contribution >= 0.6 is 0 Å². The zero-order valence-corrected chi connectivity index (χ0v) is 23.0. The van der Waals surface area contributed by atoms with Crippen molar-refractivity contribution in [3.63, 3.8) is 0 Å². The minimum absolute atomic E-state index is 0.00483. The van der Waals surface area contributed by atoms with Gasteiger partial charge < -0.3 is 43.4 Å². The van der Waals surface area contributed by atoms with E-state index in [-0.39, 0.29) is 42.9 Å². The van der Waals surface area contributed by atoms with Crippen molar-refractivity contribution in [2.24, 2.45) is 34.0 Å². The van der Waals surface area contributed by atoms with E-state index in [0.29, 0.717) is 18.4 Å². The number of hydrogen-bond acceptors (Lipinski definition) is 7. The summed E-state index contributed by atoms with van der Waals surface area (Å²) in [4.78, 5) is 55.0. The van der Waals surface area contributed by atoms with Gasteiger partial charge in [0.1, 0.15) is 23.9 Å². The zero-order chi connectivity index (χ0) is 29.7. The lowest BCUT2D eigenvalue weighted by atomic mass is 9.98. The quantitative estimate of drug-likeness (QED) is 0.0756. The average Bonchev–Trinajstić information content (AvgIpc) is 2.88. The molecule has 13 heteroatoms. The smallest absolute Gasteiger partial charge is 0.326 e. The standard InChI is InChI=1S/C26H43N7O6/c1-5-15(4)21(25(38)39)33-23(36)19(13-16-8-10-17(34)11-9-16)32-22(35)18(7-6-12-30-26(28)29)31-24(37)20(27)14(2)3/h8-11,14-15,18-21,34H,5-7,12-13,27H2,1-4H3,(H,31,37)(H,32,35)(H,33,36)(H,38,39)(H4,28,29,30). The number of amides is 3. The van der Waals surface area contributed by atoms with Gasteiger partial charge in [-0.3, -0.25) is 19.4 Å². The second-order valence-electron chi connectivity index (χ2n) is 9.92. The second kappa shape index (κ2) is 16.2. The first-order valence-corrected chi connectivity index (χ1v) is 13.0. The van der Waals surface area contributed by atoms with Gasteiger partial charge >= 0.3 is 5.97 Å². The van der Waals surface area contributed by atoms with Crippen LogP contribution in [0.15, 0.2) is 29.3 Å². The van der Waals surface area contributed by atoms with Crippen LogP contribution in [0.5, 0.6) is 5.75 Å². The van der Waals surface area contributed by atoms with Crippen molar-refractivity contribution >= 4 is 29.7 Å². The highest BCUT2D eigenvalue weighted by molar-refractivity contribution is 5.94. The average molecular weight is 550 g/mol. The molecule has 3 amide bonds. The van der Waals surface area contributed by atoms with Gasteiger partial charge in [-0.2, -0.15) is 0 Å². The molecule has 1 rings (SSSR count). The van der Waals surface area contributed by atoms with Crippen LogP contribution in [0.25, 0.3) is 0 Å². The number of guanidine groups is 1. The van der Waals surface area contributed by atoms with Crippen molar-refractivity contribution in [3.05, 3.63) is 29.8 Å². The third-order valence-corrected chi connectivity index (χ3v) is 6.39. The van der Waals surface area contributed by atoms with E-state index in [9.17, 15) is 29.4 Å². The van der Waals surface area contributed by atoms with E-state index < -0.39 is 47.9 Å². The summed E-state index contributed by atoms with van der Waals surface area (Å²) in [6.45, 7) is 7.26. The number of hydrogen-bond donors (Lipinski definition) is 8. The van der Waals surface area contributed by atoms with Gasteiger partial charge in [-0.25, -0.2) is 4.79 Å². The first-order valence-electron chi connectivity index (χ1n) is 13.0. The van der Waals surface area contributed by atoms with Gasteiger partial charge in [0, 0.05) is 13.0 Å². The maximum Gasteiger partial charge on any atom is 0.326 e. The minimum atomic E-state index is -1.19. The molecule has 0 radical (unpaired) electrons. The van der Waals surface area contributed by atoms with E-state index in [0.717, 1.165) is 0 Å². The van der Waals surface area contributed by atoms with Crippen molar-refractivity contribution in [1.29, 1.82) is 0 Å². The molecule has 218 valence electrons. The predicted octanol–water partition coefficient (Wildman–Crippen LogP) is -0.443. The number of phenols is 1. The van der Waals surface area contributed by atoms with Gasteiger partial charge in [0.25, 0.3) is 0 Å². The minimum Gasteiger partial charge on any atom is -0.508 e. The molecule has 0 aliphatic rings. The molecule has 1 aromatic carbocycles. The number of nitrogens with two attached hydrogens (primary N) is 3. The van der Waals surface area contributed by atoms with Crippen LogP contribution in [-0.2, 0) is 25.6 Å². The first-order chi connectivity index (χ1) is 18.3. The first kappa shape index (κ1) is 33.2. The van der Waals surface area contributed by atoms with Crippen LogP contribution < -0.4 is 33.2 Å². The largest absolute Gasteiger partial charge is 0.508 e. The Morgan fingerprint density at radius 3 is 2.00 bits per heavy atom. The van der Waals surface area contributed by atoms with Crippen LogP contribution in [0.1, 0.15) is 52.5 Å². The molecule has 1 aromatic rings. The molecule has 0 bridgehead atoms. The maximum atomic E-state index is 13.4. The highest BCUT2D eigenvalue weighted by Crippen LogP contribution is 2.13. The molecule has 0 spiro atoms. The number of carbonyl (C=O) groups is 4. The number of nitrogens with one attached hydrogen (secondary N) is 3. The second-order valence-corrected chi connectivity index (χ2v) is 9.92. The normalized spacial score (nSPS) is 14.8. The molecule has 0 aliphatic carbocycles. The Morgan fingerprint density at radius 2 is 1.49 bits per heavy atom. The fourth-order valence-electron chi connectivity index (χ4n) is 3.63. The molecule has 0 heterocycles. The number of rotatable bonds is 16. The van der Waals surface area contributed by atoms with Gasteiger partial charge in [0.2, 0.25) is 17.7 Å². The molecule has 0 saturated heterocycles. The lowest BCUT2D eigenvalue weighted by Gasteiger charge is -2.27. The molecular formula is C26H43N7O6. The Hall–Kier alpha value is -3.87. The maximum absolute atomic E-state index is 13.4. The number of phenolic OH excluding ortho intramolecular Hbond substituents is 1. The number of benzene rings is 1. The summed E-state index contributed by atoms with van der Waals surface area (Å²) in [6.07, 6.45) is 1.01. The lowest BCUT2D eigenvalue weighted by molar-refractivity contribution is -0.143. The summed E-state index contributed by atoms with van der Waals surface area (Å²) < 4.78 is 0. The number of carboxylic acids is 1. The van der Waals surface area contributed by atoms with Crippen molar-refractivity contribution < 1.29 is 29.4 Å². The van der Waals surface area contributed by atoms with Crippen LogP contribution in [0.2, 0.25) is 0 Å². The van der Waals surface area contributed by atoms with E-state index >= 15 is 0 Å². The van der Waals surface area contributed by atoms with E-state index in [4.69, 9.17) is 17.2 Å². The molecule has 0 aliphatic heterocycles. The topological polar surface area (TPSA) is 235 Å². The monoisotopic (exact) mass is 549 g/mol. The Labute approximate surface area is 229 Å². The van der Waals surface area contributed by atoms with E-state index in [1.165, 1.54) is 12.1 Å². The molecule has 39 heavy (non-hydrogen) atoms. The number of aliphatic imine (C=N–C) groups is 1. The summed E-state index contributed by atoms with van der Waals surface area (Å²) in [7, 11) is 0. The summed E-state index contributed by atoms with van der Waals surface area (Å²) in [5.41, 5.74) is 17.3. The summed E-state index contributed by atoms with van der Waals surface area (Å²) in [5.74, 6) is -3.71. The Morgan fingerprint density at radius 1 is 0.923 bits per heavy atom. The highest BCUT2D eigenvalue weighted by atomic mass is 16.4. The van der Waals surface area contributed by atoms with Crippen molar-refractivity contribution in [1.82, 2.24) is 16.0 Å². The molecular weight excluding hydrogens is 506 g/mol. The Bertz CT molecular complexity index is 995. The van der Waals surface area contributed by atoms with Gasteiger partial charge in [-0.05, 0) is 42.4 Å². The number of aromatic hydroxyl groups is 1. The molecule has 0 saturated carbocycles. The number of nitrogens with zero attached hydrogens (tertiary/aromatic N) is 1. The molecule has 0 aromatic heterocycles. The fraction of sp³-hybridized carbons (Fsp3) is 0.577. The third kappa shape index (κ3) is 11.6. The lowest BCUT2D eigenvalue weighted by Crippen LogP contribution is -2.58. The van der Waals surface area contributed by atoms with Gasteiger partial charge in [0.05, 0.1) is 6.04 Å². The number of carbonyl (C=O) groups excluding carboxylic acids is 3.